The second kappa shape index (κ2) is 5.67. The van der Waals surface area contributed by atoms with Crippen LogP contribution in [0.4, 0.5) is 0 Å². The molecule has 0 radical (unpaired) electrons. The van der Waals surface area contributed by atoms with E-state index in [-0.39, 0.29) is 17.8 Å². The highest BCUT2D eigenvalue weighted by Gasteiger charge is 2.15. The van der Waals surface area contributed by atoms with E-state index in [2.05, 4.69) is 14.8 Å². The Balaban J connectivity index is 2.64. The van der Waals surface area contributed by atoms with Crippen molar-refractivity contribution in [3.05, 3.63) is 11.1 Å². The van der Waals surface area contributed by atoms with Gasteiger partial charge in [0, 0.05) is 6.61 Å². The molecule has 1 aromatic rings. The fraction of sp³-hybridized carbons (Fsp3) is 0.625. The highest BCUT2D eigenvalue weighted by Crippen LogP contribution is 2.06. The summed E-state index contributed by atoms with van der Waals surface area (Å²) in [5.41, 5.74) is 0. The van der Waals surface area contributed by atoms with Crippen LogP contribution in [0.3, 0.4) is 0 Å². The smallest absolute Gasteiger partial charge is 0.378 e. The SMILES string of the molecule is CCCOCn1nc(C(=O)OC)nc1Cl. The number of carbonyl (C=O) groups is 1. The van der Waals surface area contributed by atoms with Crippen LogP contribution in [0.15, 0.2) is 0 Å². The summed E-state index contributed by atoms with van der Waals surface area (Å²) in [4.78, 5) is 14.8. The normalized spacial score (nSPS) is 10.3. The molecule has 0 aliphatic carbocycles. The lowest BCUT2D eigenvalue weighted by Gasteiger charge is -2.01. The second-order valence-electron chi connectivity index (χ2n) is 2.73. The van der Waals surface area contributed by atoms with Gasteiger partial charge in [0.25, 0.3) is 5.82 Å². The molecule has 0 fully saturated rings. The van der Waals surface area contributed by atoms with E-state index >= 15 is 0 Å². The molecule has 1 rings (SSSR count). The summed E-state index contributed by atoms with van der Waals surface area (Å²) in [6.45, 7) is 2.77. The molecule has 0 aromatic carbocycles. The third-order valence-corrected chi connectivity index (χ3v) is 1.84. The van der Waals surface area contributed by atoms with Crippen molar-refractivity contribution < 1.29 is 14.3 Å². The summed E-state index contributed by atoms with van der Waals surface area (Å²) in [5.74, 6) is -0.686. The molecule has 7 heteroatoms. The summed E-state index contributed by atoms with van der Waals surface area (Å²) >= 11 is 5.73. The van der Waals surface area contributed by atoms with Crippen LogP contribution in [0.5, 0.6) is 0 Å². The van der Waals surface area contributed by atoms with E-state index in [1.165, 1.54) is 11.8 Å². The standard InChI is InChI=1S/C8H12ClN3O3/c1-3-4-15-5-12-8(9)10-6(11-12)7(13)14-2/h3-5H2,1-2H3. The topological polar surface area (TPSA) is 66.2 Å². The van der Waals surface area contributed by atoms with Crippen molar-refractivity contribution in [1.82, 2.24) is 14.8 Å². The maximum atomic E-state index is 11.0. The molecule has 0 spiro atoms. The van der Waals surface area contributed by atoms with Crippen molar-refractivity contribution in [3.63, 3.8) is 0 Å². The molecule has 0 saturated heterocycles. The van der Waals surface area contributed by atoms with Crippen LogP contribution in [0.1, 0.15) is 24.0 Å². The maximum absolute atomic E-state index is 11.0. The Morgan fingerprint density at radius 2 is 2.33 bits per heavy atom. The van der Waals surface area contributed by atoms with Crippen molar-refractivity contribution in [2.75, 3.05) is 13.7 Å². The van der Waals surface area contributed by atoms with Crippen LogP contribution >= 0.6 is 11.6 Å². The fourth-order valence-corrected chi connectivity index (χ4v) is 1.04. The summed E-state index contributed by atoms with van der Waals surface area (Å²) < 4.78 is 10.9. The Bertz CT molecular complexity index is 340. The molecule has 0 unspecified atom stereocenters. The Morgan fingerprint density at radius 1 is 1.60 bits per heavy atom. The number of carbonyl (C=O) groups excluding carboxylic acids is 1. The molecule has 0 aliphatic heterocycles. The first-order chi connectivity index (χ1) is 7.19. The molecule has 84 valence electrons. The van der Waals surface area contributed by atoms with Crippen molar-refractivity contribution in [2.45, 2.75) is 20.1 Å². The number of nitrogens with zero attached hydrogens (tertiary/aromatic N) is 3. The lowest BCUT2D eigenvalue weighted by atomic mass is 10.5. The van der Waals surface area contributed by atoms with Gasteiger partial charge in [-0.05, 0) is 18.0 Å². The summed E-state index contributed by atoms with van der Waals surface area (Å²) in [5, 5.41) is 3.93. The van der Waals surface area contributed by atoms with Crippen LogP contribution in [0.25, 0.3) is 0 Å². The van der Waals surface area contributed by atoms with Crippen molar-refractivity contribution in [1.29, 1.82) is 0 Å². The van der Waals surface area contributed by atoms with Crippen LogP contribution in [0.2, 0.25) is 5.28 Å². The monoisotopic (exact) mass is 233 g/mol. The maximum Gasteiger partial charge on any atom is 0.378 e. The van der Waals surface area contributed by atoms with Gasteiger partial charge in [0.2, 0.25) is 5.28 Å². The lowest BCUT2D eigenvalue weighted by molar-refractivity contribution is 0.0571. The summed E-state index contributed by atoms with van der Waals surface area (Å²) in [7, 11) is 1.25. The van der Waals surface area contributed by atoms with Crippen molar-refractivity contribution >= 4 is 17.6 Å². The van der Waals surface area contributed by atoms with E-state index in [9.17, 15) is 4.79 Å². The third-order valence-electron chi connectivity index (χ3n) is 1.56. The molecule has 1 aromatic heterocycles. The van der Waals surface area contributed by atoms with E-state index in [0.717, 1.165) is 6.42 Å². The number of methoxy groups -OCH3 is 1. The minimum atomic E-state index is -0.619. The van der Waals surface area contributed by atoms with E-state index in [4.69, 9.17) is 16.3 Å². The Kier molecular flexibility index (Phi) is 4.51. The minimum absolute atomic E-state index is 0.0670. The number of aromatic nitrogens is 3. The van der Waals surface area contributed by atoms with Crippen LogP contribution in [0, 0.1) is 0 Å². The number of hydrogen-bond donors (Lipinski definition) is 0. The molecule has 0 saturated carbocycles. The van der Waals surface area contributed by atoms with E-state index in [1.54, 1.807) is 0 Å². The predicted octanol–water partition coefficient (Wildman–Crippen LogP) is 1.10. The molecule has 1 heterocycles. The molecule has 6 nitrogen and oxygen atoms in total. The van der Waals surface area contributed by atoms with Gasteiger partial charge < -0.3 is 9.47 Å². The van der Waals surface area contributed by atoms with Crippen LogP contribution in [-0.2, 0) is 16.2 Å². The number of hydrogen-bond acceptors (Lipinski definition) is 5. The van der Waals surface area contributed by atoms with Gasteiger partial charge in [-0.3, -0.25) is 0 Å². The summed E-state index contributed by atoms with van der Waals surface area (Å²) in [6, 6.07) is 0. The average molecular weight is 234 g/mol. The molecule has 0 bridgehead atoms. The van der Waals surface area contributed by atoms with Crippen LogP contribution in [-0.4, -0.2) is 34.5 Å². The van der Waals surface area contributed by atoms with Gasteiger partial charge in [0.1, 0.15) is 6.73 Å². The number of esters is 1. The Labute approximate surface area is 92.1 Å². The molecule has 15 heavy (non-hydrogen) atoms. The van der Waals surface area contributed by atoms with E-state index in [0.29, 0.717) is 6.61 Å². The number of ether oxygens (including phenoxy) is 2. The molecule has 0 amide bonds. The third kappa shape index (κ3) is 3.17. The van der Waals surface area contributed by atoms with E-state index < -0.39 is 5.97 Å². The molecule has 0 atom stereocenters. The summed E-state index contributed by atoms with van der Waals surface area (Å²) in [6.07, 6.45) is 0.899. The van der Waals surface area contributed by atoms with Crippen molar-refractivity contribution in [3.8, 4) is 0 Å². The number of rotatable bonds is 5. The Hall–Kier alpha value is -1.14. The average Bonchev–Trinajstić information content (AvgIpc) is 2.60. The first kappa shape index (κ1) is 11.9. The van der Waals surface area contributed by atoms with Gasteiger partial charge >= 0.3 is 5.97 Å². The molecule has 0 N–H and O–H groups in total. The van der Waals surface area contributed by atoms with Gasteiger partial charge in [-0.15, -0.1) is 5.10 Å². The minimum Gasteiger partial charge on any atom is -0.463 e. The molecule has 0 aliphatic rings. The first-order valence-corrected chi connectivity index (χ1v) is 4.83. The van der Waals surface area contributed by atoms with Gasteiger partial charge in [-0.1, -0.05) is 6.92 Å². The largest absolute Gasteiger partial charge is 0.463 e. The highest BCUT2D eigenvalue weighted by molar-refractivity contribution is 6.28. The number of halogens is 1. The van der Waals surface area contributed by atoms with Crippen LogP contribution < -0.4 is 0 Å². The van der Waals surface area contributed by atoms with Gasteiger partial charge in [0.15, 0.2) is 0 Å². The predicted molar refractivity (Wildman–Crippen MR) is 52.6 cm³/mol. The molecular weight excluding hydrogens is 222 g/mol. The van der Waals surface area contributed by atoms with Crippen molar-refractivity contribution in [2.24, 2.45) is 0 Å². The quantitative estimate of drug-likeness (QED) is 0.563. The van der Waals surface area contributed by atoms with Gasteiger partial charge in [0.05, 0.1) is 7.11 Å². The zero-order chi connectivity index (χ0) is 11.3. The van der Waals surface area contributed by atoms with Gasteiger partial charge in [-0.25, -0.2) is 9.48 Å². The highest BCUT2D eigenvalue weighted by atomic mass is 35.5. The molecular formula is C8H12ClN3O3. The van der Waals surface area contributed by atoms with E-state index in [1.807, 2.05) is 6.92 Å². The first-order valence-electron chi connectivity index (χ1n) is 4.45. The Morgan fingerprint density at radius 3 is 2.93 bits per heavy atom. The second-order valence-corrected chi connectivity index (χ2v) is 3.07. The van der Waals surface area contributed by atoms with Gasteiger partial charge in [-0.2, -0.15) is 4.98 Å². The zero-order valence-corrected chi connectivity index (χ0v) is 9.32. The zero-order valence-electron chi connectivity index (χ0n) is 8.57. The lowest BCUT2D eigenvalue weighted by Crippen LogP contribution is -2.08. The fourth-order valence-electron chi connectivity index (χ4n) is 0.878.